The van der Waals surface area contributed by atoms with E-state index in [9.17, 15) is 4.79 Å². The summed E-state index contributed by atoms with van der Waals surface area (Å²) in [6, 6.07) is 6.28. The van der Waals surface area contributed by atoms with Gasteiger partial charge in [-0.2, -0.15) is 5.10 Å². The second-order valence-electron chi connectivity index (χ2n) is 6.74. The lowest BCUT2D eigenvalue weighted by Gasteiger charge is -2.28. The minimum atomic E-state index is 0.0184. The fourth-order valence-electron chi connectivity index (χ4n) is 3.51. The van der Waals surface area contributed by atoms with Gasteiger partial charge in [0.2, 0.25) is 0 Å². The van der Waals surface area contributed by atoms with Gasteiger partial charge in [-0.1, -0.05) is 6.07 Å². The van der Waals surface area contributed by atoms with Crippen LogP contribution in [-0.4, -0.2) is 31.7 Å². The Morgan fingerprint density at radius 3 is 3.00 bits per heavy atom. The highest BCUT2D eigenvalue weighted by Gasteiger charge is 2.34. The molecule has 0 aliphatic heterocycles. The molecule has 2 aromatic heterocycles. The van der Waals surface area contributed by atoms with E-state index in [1.165, 1.54) is 11.3 Å². The number of fused-ring (bicyclic) bond motifs is 1. The quantitative estimate of drug-likeness (QED) is 0.940. The Morgan fingerprint density at radius 1 is 1.38 bits per heavy atom. The number of aromatic nitrogens is 3. The minimum absolute atomic E-state index is 0.0184. The number of urea groups is 1. The smallest absolute Gasteiger partial charge is 0.318 e. The van der Waals surface area contributed by atoms with Gasteiger partial charge in [0, 0.05) is 30.5 Å². The number of aryl methyl sites for hydroxylation is 1. The molecule has 0 bridgehead atoms. The molecule has 24 heavy (non-hydrogen) atoms. The van der Waals surface area contributed by atoms with Crippen LogP contribution < -0.4 is 5.32 Å². The minimum Gasteiger partial charge on any atom is -0.331 e. The van der Waals surface area contributed by atoms with E-state index < -0.39 is 0 Å². The predicted octanol–water partition coefficient (Wildman–Crippen LogP) is 2.57. The highest BCUT2D eigenvalue weighted by molar-refractivity contribution is 5.75. The molecule has 0 spiro atoms. The van der Waals surface area contributed by atoms with Gasteiger partial charge in [0.05, 0.1) is 24.5 Å². The van der Waals surface area contributed by atoms with Gasteiger partial charge in [0.1, 0.15) is 0 Å². The van der Waals surface area contributed by atoms with Crippen LogP contribution in [-0.2, 0) is 20.0 Å². The van der Waals surface area contributed by atoms with Crippen LogP contribution in [0.2, 0.25) is 0 Å². The molecule has 1 unspecified atom stereocenters. The molecular weight excluding hydrogens is 302 g/mol. The molecule has 126 valence electrons. The first-order valence-electron chi connectivity index (χ1n) is 8.70. The lowest BCUT2D eigenvalue weighted by Crippen LogP contribution is -2.43. The van der Waals surface area contributed by atoms with E-state index in [1.807, 2.05) is 41.0 Å². The summed E-state index contributed by atoms with van der Waals surface area (Å²) < 4.78 is 1.93. The Morgan fingerprint density at radius 2 is 2.25 bits per heavy atom. The molecule has 4 rings (SSSR count). The third-order valence-corrected chi connectivity index (χ3v) is 4.98. The predicted molar refractivity (Wildman–Crippen MR) is 90.2 cm³/mol. The third kappa shape index (κ3) is 3.00. The van der Waals surface area contributed by atoms with Crippen molar-refractivity contribution in [2.24, 2.45) is 7.05 Å². The highest BCUT2D eigenvalue weighted by atomic mass is 16.2. The molecule has 0 aromatic carbocycles. The van der Waals surface area contributed by atoms with Crippen LogP contribution in [0.15, 0.2) is 30.6 Å². The summed E-state index contributed by atoms with van der Waals surface area (Å²) in [5.41, 5.74) is 3.35. The summed E-state index contributed by atoms with van der Waals surface area (Å²) in [6.07, 6.45) is 8.96. The Balaban J connectivity index is 1.48. The number of carbonyl (C=O) groups is 1. The van der Waals surface area contributed by atoms with Crippen molar-refractivity contribution in [3.8, 4) is 0 Å². The largest absolute Gasteiger partial charge is 0.331 e. The fourth-order valence-corrected chi connectivity index (χ4v) is 3.51. The van der Waals surface area contributed by atoms with Crippen LogP contribution in [0, 0.1) is 0 Å². The van der Waals surface area contributed by atoms with E-state index in [2.05, 4.69) is 15.4 Å². The fraction of sp³-hybridized carbons (Fsp3) is 0.500. The molecule has 2 heterocycles. The number of carbonyl (C=O) groups excluding carboxylic acids is 1. The van der Waals surface area contributed by atoms with Gasteiger partial charge in [-0.3, -0.25) is 9.67 Å². The Labute approximate surface area is 141 Å². The number of hydrogen-bond donors (Lipinski definition) is 1. The third-order valence-electron chi connectivity index (χ3n) is 4.98. The van der Waals surface area contributed by atoms with Gasteiger partial charge in [0.25, 0.3) is 0 Å². The first kappa shape index (κ1) is 15.2. The van der Waals surface area contributed by atoms with Gasteiger partial charge < -0.3 is 10.2 Å². The molecule has 2 aromatic rings. The SMILES string of the molecule is Cn1ncc2c1CCCC2NC(=O)N(Cc1ccccn1)C1CC1. The van der Waals surface area contributed by atoms with Crippen LogP contribution >= 0.6 is 0 Å². The van der Waals surface area contributed by atoms with Crippen molar-refractivity contribution in [2.75, 3.05) is 0 Å². The zero-order valence-corrected chi connectivity index (χ0v) is 14.0. The van der Waals surface area contributed by atoms with Crippen LogP contribution in [0.4, 0.5) is 4.79 Å². The number of rotatable bonds is 4. The van der Waals surface area contributed by atoms with Crippen molar-refractivity contribution in [2.45, 2.75) is 50.7 Å². The van der Waals surface area contributed by atoms with Gasteiger partial charge >= 0.3 is 6.03 Å². The van der Waals surface area contributed by atoms with Gasteiger partial charge in [-0.05, 0) is 44.2 Å². The lowest BCUT2D eigenvalue weighted by atomic mass is 9.93. The number of pyridine rings is 1. The maximum absolute atomic E-state index is 12.9. The average Bonchev–Trinajstić information content (AvgIpc) is 3.37. The van der Waals surface area contributed by atoms with E-state index >= 15 is 0 Å². The maximum Gasteiger partial charge on any atom is 0.318 e. The lowest BCUT2D eigenvalue weighted by molar-refractivity contribution is 0.185. The topological polar surface area (TPSA) is 63.1 Å². The Kier molecular flexibility index (Phi) is 3.96. The summed E-state index contributed by atoms with van der Waals surface area (Å²) in [5.74, 6) is 0. The molecule has 2 aliphatic carbocycles. The summed E-state index contributed by atoms with van der Waals surface area (Å²) >= 11 is 0. The standard InChI is InChI=1S/C18H23N5O/c1-22-17-7-4-6-16(15(17)11-20-22)21-18(24)23(14-8-9-14)12-13-5-2-3-10-19-13/h2-3,5,10-11,14,16H,4,6-9,12H2,1H3,(H,21,24). The maximum atomic E-state index is 12.9. The van der Waals surface area contributed by atoms with Crippen LogP contribution in [0.5, 0.6) is 0 Å². The van der Waals surface area contributed by atoms with E-state index in [4.69, 9.17) is 0 Å². The molecule has 0 radical (unpaired) electrons. The zero-order valence-electron chi connectivity index (χ0n) is 14.0. The van der Waals surface area contributed by atoms with Crippen molar-refractivity contribution in [3.63, 3.8) is 0 Å². The Hall–Kier alpha value is -2.37. The second-order valence-corrected chi connectivity index (χ2v) is 6.74. The molecule has 1 atom stereocenters. The van der Waals surface area contributed by atoms with Gasteiger partial charge in [0.15, 0.2) is 0 Å². The molecule has 2 amide bonds. The van der Waals surface area contributed by atoms with E-state index in [-0.39, 0.29) is 12.1 Å². The van der Waals surface area contributed by atoms with Crippen molar-refractivity contribution < 1.29 is 4.79 Å². The van der Waals surface area contributed by atoms with Crippen LogP contribution in [0.1, 0.15) is 48.7 Å². The molecule has 6 nitrogen and oxygen atoms in total. The molecular formula is C18H23N5O. The summed E-state index contributed by atoms with van der Waals surface area (Å²) in [5, 5.41) is 7.59. The average molecular weight is 325 g/mol. The van der Waals surface area contributed by atoms with Crippen molar-refractivity contribution in [1.82, 2.24) is 25.0 Å². The number of nitrogens with zero attached hydrogens (tertiary/aromatic N) is 4. The monoisotopic (exact) mass is 325 g/mol. The molecule has 1 fully saturated rings. The van der Waals surface area contributed by atoms with Gasteiger partial charge in [-0.25, -0.2) is 4.79 Å². The van der Waals surface area contributed by atoms with Crippen molar-refractivity contribution >= 4 is 6.03 Å². The van der Waals surface area contributed by atoms with Crippen LogP contribution in [0.3, 0.4) is 0 Å². The molecule has 2 aliphatic rings. The Bertz CT molecular complexity index is 722. The zero-order chi connectivity index (χ0) is 16.5. The highest BCUT2D eigenvalue weighted by Crippen LogP contribution is 2.31. The van der Waals surface area contributed by atoms with E-state index in [0.29, 0.717) is 12.6 Å². The van der Waals surface area contributed by atoms with E-state index in [1.54, 1.807) is 6.20 Å². The summed E-state index contributed by atoms with van der Waals surface area (Å²) in [7, 11) is 1.97. The normalized spacial score (nSPS) is 19.6. The van der Waals surface area contributed by atoms with Crippen molar-refractivity contribution in [3.05, 3.63) is 47.5 Å². The first-order chi connectivity index (χ1) is 11.7. The first-order valence-corrected chi connectivity index (χ1v) is 8.70. The number of hydrogen-bond acceptors (Lipinski definition) is 3. The second kappa shape index (κ2) is 6.26. The molecule has 1 N–H and O–H groups in total. The van der Waals surface area contributed by atoms with Crippen molar-refractivity contribution in [1.29, 1.82) is 0 Å². The van der Waals surface area contributed by atoms with E-state index in [0.717, 1.165) is 37.8 Å². The van der Waals surface area contributed by atoms with Gasteiger partial charge in [-0.15, -0.1) is 0 Å². The molecule has 6 heteroatoms. The molecule has 0 saturated heterocycles. The number of nitrogens with one attached hydrogen (secondary N) is 1. The summed E-state index contributed by atoms with van der Waals surface area (Å²) in [6.45, 7) is 0.573. The summed E-state index contributed by atoms with van der Waals surface area (Å²) in [4.78, 5) is 19.2. The van der Waals surface area contributed by atoms with Crippen LogP contribution in [0.25, 0.3) is 0 Å². The number of amides is 2. The molecule has 1 saturated carbocycles.